The van der Waals surface area contributed by atoms with Crippen molar-refractivity contribution in [2.24, 2.45) is 0 Å². The molecule has 0 aromatic heterocycles. The molecule has 28 heavy (non-hydrogen) atoms. The van der Waals surface area contributed by atoms with Crippen LogP contribution in [0.15, 0.2) is 77.1 Å². The molecule has 1 aliphatic heterocycles. The van der Waals surface area contributed by atoms with Gasteiger partial charge in [0.2, 0.25) is 0 Å². The van der Waals surface area contributed by atoms with E-state index in [9.17, 15) is 10.1 Å². The van der Waals surface area contributed by atoms with Crippen molar-refractivity contribution in [3.63, 3.8) is 0 Å². The lowest BCUT2D eigenvalue weighted by molar-refractivity contribution is -0.116. The molecule has 0 saturated carbocycles. The molecule has 0 amide bonds. The van der Waals surface area contributed by atoms with Crippen molar-refractivity contribution in [1.82, 2.24) is 5.32 Å². The van der Waals surface area contributed by atoms with Gasteiger partial charge >= 0.3 is 0 Å². The molecule has 1 N–H and O–H groups in total. The van der Waals surface area contributed by atoms with Crippen LogP contribution in [0.1, 0.15) is 55.2 Å². The second-order valence-corrected chi connectivity index (χ2v) is 7.63. The number of rotatable bonds is 3. The highest BCUT2D eigenvalue weighted by atomic mass is 16.1. The number of Topliss-reactive ketones (excluding diaryl/α,β-unsaturated/α-hetero) is 1. The summed E-state index contributed by atoms with van der Waals surface area (Å²) in [5, 5.41) is 13.2. The zero-order valence-corrected chi connectivity index (χ0v) is 16.3. The summed E-state index contributed by atoms with van der Waals surface area (Å²) >= 11 is 0. The minimum absolute atomic E-state index is 0.146. The predicted molar refractivity (Wildman–Crippen MR) is 110 cm³/mol. The highest BCUT2D eigenvalue weighted by Gasteiger charge is 2.38. The van der Waals surface area contributed by atoms with Gasteiger partial charge in [0.05, 0.1) is 17.6 Å². The summed E-state index contributed by atoms with van der Waals surface area (Å²) < 4.78 is 0. The minimum atomic E-state index is -0.267. The molecular formula is C25H24N2O. The van der Waals surface area contributed by atoms with E-state index in [2.05, 4.69) is 54.7 Å². The number of nitrogens with zero attached hydrogens (tertiary/aromatic N) is 1. The number of nitrogens with one attached hydrogen (secondary N) is 1. The first-order valence-electron chi connectivity index (χ1n) is 9.90. The first-order valence-corrected chi connectivity index (χ1v) is 9.90. The lowest BCUT2D eigenvalue weighted by atomic mass is 9.72. The Morgan fingerprint density at radius 1 is 1.04 bits per heavy atom. The maximum Gasteiger partial charge on any atom is 0.162 e. The van der Waals surface area contributed by atoms with Crippen molar-refractivity contribution >= 4 is 5.78 Å². The highest BCUT2D eigenvalue weighted by molar-refractivity contribution is 6.00. The Kier molecular flexibility index (Phi) is 4.88. The van der Waals surface area contributed by atoms with Gasteiger partial charge in [-0.1, -0.05) is 61.5 Å². The van der Waals surface area contributed by atoms with Gasteiger partial charge < -0.3 is 5.32 Å². The fourth-order valence-electron chi connectivity index (χ4n) is 4.43. The molecule has 3 heteroatoms. The summed E-state index contributed by atoms with van der Waals surface area (Å²) in [6.45, 7) is 4.06. The average Bonchev–Trinajstić information content (AvgIpc) is 2.73. The molecular weight excluding hydrogens is 344 g/mol. The average molecular weight is 368 g/mol. The van der Waals surface area contributed by atoms with Crippen LogP contribution in [0, 0.1) is 11.3 Å². The third-order valence-electron chi connectivity index (χ3n) is 5.94. The molecule has 140 valence electrons. The van der Waals surface area contributed by atoms with Crippen molar-refractivity contribution in [2.45, 2.75) is 44.9 Å². The topological polar surface area (TPSA) is 52.9 Å². The highest BCUT2D eigenvalue weighted by Crippen LogP contribution is 2.45. The predicted octanol–water partition coefficient (Wildman–Crippen LogP) is 5.13. The monoisotopic (exact) mass is 368 g/mol. The second kappa shape index (κ2) is 7.48. The summed E-state index contributed by atoms with van der Waals surface area (Å²) in [6, 6.07) is 20.9. The number of nitriles is 1. The van der Waals surface area contributed by atoms with Crippen LogP contribution in [0.2, 0.25) is 0 Å². The number of allylic oxidation sites excluding steroid dienone is 4. The zero-order chi connectivity index (χ0) is 19.7. The van der Waals surface area contributed by atoms with Gasteiger partial charge in [-0.15, -0.1) is 0 Å². The largest absolute Gasteiger partial charge is 0.361 e. The van der Waals surface area contributed by atoms with Crippen LogP contribution in [0.5, 0.6) is 0 Å². The number of ketones is 1. The molecule has 2 aromatic rings. The third-order valence-corrected chi connectivity index (χ3v) is 5.94. The summed E-state index contributed by atoms with van der Waals surface area (Å²) in [6.07, 6.45) is 2.26. The van der Waals surface area contributed by atoms with E-state index in [1.54, 1.807) is 0 Å². The minimum Gasteiger partial charge on any atom is -0.361 e. The summed E-state index contributed by atoms with van der Waals surface area (Å²) in [4.78, 5) is 13.3. The van der Waals surface area contributed by atoms with Crippen LogP contribution in [0.4, 0.5) is 0 Å². The van der Waals surface area contributed by atoms with E-state index in [0.717, 1.165) is 35.4 Å². The van der Waals surface area contributed by atoms with Gasteiger partial charge in [-0.05, 0) is 42.4 Å². The number of carbonyl (C=O) groups excluding carboxylic acids is 1. The Hall–Kier alpha value is -3.12. The molecule has 0 unspecified atom stereocenters. The number of hydrogen-bond acceptors (Lipinski definition) is 3. The Labute approximate surface area is 166 Å². The molecule has 4 rings (SSSR count). The first-order chi connectivity index (χ1) is 13.6. The van der Waals surface area contributed by atoms with Gasteiger partial charge in [0.25, 0.3) is 0 Å². The van der Waals surface area contributed by atoms with Crippen molar-refractivity contribution < 1.29 is 4.79 Å². The van der Waals surface area contributed by atoms with Gasteiger partial charge in [0.15, 0.2) is 5.78 Å². The molecule has 0 spiro atoms. The molecule has 2 aliphatic rings. The molecule has 0 bridgehead atoms. The molecule has 2 aromatic carbocycles. The van der Waals surface area contributed by atoms with E-state index in [4.69, 9.17) is 0 Å². The molecule has 0 saturated heterocycles. The number of dihydropyridines is 1. The second-order valence-electron chi connectivity index (χ2n) is 7.63. The van der Waals surface area contributed by atoms with Crippen LogP contribution in [-0.4, -0.2) is 5.78 Å². The van der Waals surface area contributed by atoms with E-state index >= 15 is 0 Å². The van der Waals surface area contributed by atoms with Crippen molar-refractivity contribution in [3.05, 3.63) is 93.8 Å². The van der Waals surface area contributed by atoms with Gasteiger partial charge in [0.1, 0.15) is 0 Å². The van der Waals surface area contributed by atoms with Crippen molar-refractivity contribution in [1.29, 1.82) is 5.26 Å². The third kappa shape index (κ3) is 3.16. The lowest BCUT2D eigenvalue weighted by Crippen LogP contribution is -2.33. The molecule has 1 aliphatic carbocycles. The van der Waals surface area contributed by atoms with Gasteiger partial charge in [0, 0.05) is 23.4 Å². The van der Waals surface area contributed by atoms with Crippen LogP contribution in [0.3, 0.4) is 0 Å². The smallest absolute Gasteiger partial charge is 0.162 e. The number of hydrogen-bond donors (Lipinski definition) is 1. The molecule has 0 radical (unpaired) electrons. The normalized spacial score (nSPS) is 21.8. The van der Waals surface area contributed by atoms with Crippen LogP contribution in [-0.2, 0) is 11.2 Å². The van der Waals surface area contributed by atoms with Gasteiger partial charge in [-0.3, -0.25) is 4.79 Å². The number of carbonyl (C=O) groups is 1. The Bertz CT molecular complexity index is 1010. The molecule has 2 atom stereocenters. The van der Waals surface area contributed by atoms with Crippen molar-refractivity contribution in [3.8, 4) is 6.07 Å². The standard InChI is InChI=1S/C25H24N2O/c1-3-17-9-11-19(12-10-17)24-21(15-26)16(2)27-22-13-20(14-23(28)25(22)24)18-7-5-4-6-8-18/h4-12,20,24,27H,3,13-14H2,1-2H3/t20-,24+/m1/s1. The fourth-order valence-corrected chi connectivity index (χ4v) is 4.43. The van der Waals surface area contributed by atoms with E-state index in [-0.39, 0.29) is 17.6 Å². The Morgan fingerprint density at radius 2 is 1.75 bits per heavy atom. The van der Waals surface area contributed by atoms with E-state index < -0.39 is 0 Å². The quantitative estimate of drug-likeness (QED) is 0.817. The zero-order valence-electron chi connectivity index (χ0n) is 16.3. The molecule has 1 heterocycles. The van der Waals surface area contributed by atoms with Crippen LogP contribution < -0.4 is 5.32 Å². The molecule has 3 nitrogen and oxygen atoms in total. The molecule has 0 fully saturated rings. The van der Waals surface area contributed by atoms with E-state index in [0.29, 0.717) is 12.0 Å². The number of aryl methyl sites for hydroxylation is 1. The first kappa shape index (κ1) is 18.3. The summed E-state index contributed by atoms with van der Waals surface area (Å²) in [5.74, 6) is 0.0586. The summed E-state index contributed by atoms with van der Waals surface area (Å²) in [5.41, 5.74) is 6.73. The Morgan fingerprint density at radius 3 is 2.39 bits per heavy atom. The van der Waals surface area contributed by atoms with Gasteiger partial charge in [-0.2, -0.15) is 5.26 Å². The fraction of sp³-hybridized carbons (Fsp3) is 0.280. The van der Waals surface area contributed by atoms with Crippen LogP contribution >= 0.6 is 0 Å². The van der Waals surface area contributed by atoms with E-state index in [1.165, 1.54) is 11.1 Å². The SMILES string of the molecule is CCc1ccc([C@H]2C(C#N)=C(C)NC3=C2C(=O)C[C@H](c2ccccc2)C3)cc1. The Balaban J connectivity index is 1.77. The summed E-state index contributed by atoms with van der Waals surface area (Å²) in [7, 11) is 0. The lowest BCUT2D eigenvalue weighted by Gasteiger charge is -2.35. The van der Waals surface area contributed by atoms with Crippen LogP contribution in [0.25, 0.3) is 0 Å². The number of benzene rings is 2. The van der Waals surface area contributed by atoms with Crippen molar-refractivity contribution in [2.75, 3.05) is 0 Å². The van der Waals surface area contributed by atoms with E-state index in [1.807, 2.05) is 25.1 Å². The van der Waals surface area contributed by atoms with Gasteiger partial charge in [-0.25, -0.2) is 0 Å². The maximum atomic E-state index is 13.3. The maximum absolute atomic E-state index is 13.3.